The molecule has 1 fully saturated rings. The maximum Gasteiger partial charge on any atom is 0.00767 e. The summed E-state index contributed by atoms with van der Waals surface area (Å²) in [6.45, 7) is 11.7. The van der Waals surface area contributed by atoms with Crippen LogP contribution in [0, 0.1) is 12.8 Å². The van der Waals surface area contributed by atoms with Gasteiger partial charge in [-0.05, 0) is 56.3 Å². The molecule has 0 spiro atoms. The minimum Gasteiger partial charge on any atom is -0.314 e. The predicted octanol–water partition coefficient (Wildman–Crippen LogP) is 3.25. The van der Waals surface area contributed by atoms with E-state index >= 15 is 0 Å². The van der Waals surface area contributed by atoms with Crippen molar-refractivity contribution in [2.24, 2.45) is 5.92 Å². The molecule has 0 bridgehead atoms. The summed E-state index contributed by atoms with van der Waals surface area (Å²) in [6, 6.07) is 9.50. The molecule has 1 aromatic rings. The number of nitrogens with zero attached hydrogens (tertiary/aromatic N) is 1. The number of hydrogen-bond donors (Lipinski definition) is 1. The van der Waals surface area contributed by atoms with Gasteiger partial charge < -0.3 is 10.2 Å². The van der Waals surface area contributed by atoms with Gasteiger partial charge in [-0.1, -0.05) is 38.1 Å². The lowest BCUT2D eigenvalue weighted by Crippen LogP contribution is -2.44. The molecule has 1 heterocycles. The first-order chi connectivity index (χ1) is 9.69. The van der Waals surface area contributed by atoms with Crippen molar-refractivity contribution in [1.29, 1.82) is 0 Å². The van der Waals surface area contributed by atoms with Crippen LogP contribution < -0.4 is 5.32 Å². The van der Waals surface area contributed by atoms with Crippen LogP contribution in [0.1, 0.15) is 37.8 Å². The molecule has 1 aliphatic heterocycles. The number of rotatable bonds is 4. The average molecular weight is 274 g/mol. The van der Waals surface area contributed by atoms with E-state index in [1.165, 1.54) is 56.6 Å². The molecule has 0 aromatic heterocycles. The fraction of sp³-hybridized carbons (Fsp3) is 0.667. The minimum atomic E-state index is 0.707. The van der Waals surface area contributed by atoms with Gasteiger partial charge in [0.1, 0.15) is 0 Å². The fourth-order valence-corrected chi connectivity index (χ4v) is 3.13. The Morgan fingerprint density at radius 2 is 2.10 bits per heavy atom. The van der Waals surface area contributed by atoms with Gasteiger partial charge >= 0.3 is 0 Å². The van der Waals surface area contributed by atoms with Crippen molar-refractivity contribution in [2.75, 3.05) is 26.2 Å². The Morgan fingerprint density at radius 1 is 1.30 bits per heavy atom. The third kappa shape index (κ3) is 4.60. The van der Waals surface area contributed by atoms with E-state index in [4.69, 9.17) is 0 Å². The molecule has 1 N–H and O–H groups in total. The molecule has 1 saturated heterocycles. The van der Waals surface area contributed by atoms with E-state index in [1.54, 1.807) is 0 Å². The van der Waals surface area contributed by atoms with Crippen molar-refractivity contribution in [2.45, 2.75) is 46.1 Å². The van der Waals surface area contributed by atoms with Crippen molar-refractivity contribution >= 4 is 0 Å². The Balaban J connectivity index is 1.88. The lowest BCUT2D eigenvalue weighted by Gasteiger charge is -2.32. The molecule has 0 saturated carbocycles. The van der Waals surface area contributed by atoms with Crippen LogP contribution >= 0.6 is 0 Å². The number of aryl methyl sites for hydroxylation is 1. The molecule has 112 valence electrons. The quantitative estimate of drug-likeness (QED) is 0.906. The summed E-state index contributed by atoms with van der Waals surface area (Å²) >= 11 is 0. The number of nitrogens with one attached hydrogen (secondary N) is 1. The van der Waals surface area contributed by atoms with Gasteiger partial charge in [0.2, 0.25) is 0 Å². The van der Waals surface area contributed by atoms with E-state index in [0.29, 0.717) is 6.04 Å². The first kappa shape index (κ1) is 15.5. The second-order valence-corrected chi connectivity index (χ2v) is 6.38. The van der Waals surface area contributed by atoms with Gasteiger partial charge in [-0.2, -0.15) is 0 Å². The van der Waals surface area contributed by atoms with Crippen molar-refractivity contribution in [3.8, 4) is 0 Å². The monoisotopic (exact) mass is 274 g/mol. The van der Waals surface area contributed by atoms with E-state index in [-0.39, 0.29) is 0 Å². The normalized spacial score (nSPS) is 25.1. The zero-order valence-corrected chi connectivity index (χ0v) is 13.4. The smallest absolute Gasteiger partial charge is 0.00767 e. The zero-order valence-electron chi connectivity index (χ0n) is 13.4. The molecular weight excluding hydrogens is 244 g/mol. The van der Waals surface area contributed by atoms with E-state index in [9.17, 15) is 0 Å². The summed E-state index contributed by atoms with van der Waals surface area (Å²) in [5.41, 5.74) is 2.94. The summed E-state index contributed by atoms with van der Waals surface area (Å²) in [5, 5.41) is 3.70. The number of hydrogen-bond acceptors (Lipinski definition) is 2. The Labute approximate surface area is 124 Å². The molecule has 0 radical (unpaired) electrons. The van der Waals surface area contributed by atoms with Gasteiger partial charge in [0.15, 0.2) is 0 Å². The highest BCUT2D eigenvalue weighted by Gasteiger charge is 2.17. The lowest BCUT2D eigenvalue weighted by atomic mass is 10.0. The van der Waals surface area contributed by atoms with Crippen LogP contribution in [-0.2, 0) is 6.42 Å². The van der Waals surface area contributed by atoms with Gasteiger partial charge in [0.05, 0.1) is 0 Å². The first-order valence-electron chi connectivity index (χ1n) is 8.19. The largest absolute Gasteiger partial charge is 0.314 e. The van der Waals surface area contributed by atoms with E-state index < -0.39 is 0 Å². The SMILES string of the molecule is CCC1CCN(CCc2ccccc2C)CC(C)CN1. The predicted molar refractivity (Wildman–Crippen MR) is 87.2 cm³/mol. The summed E-state index contributed by atoms with van der Waals surface area (Å²) in [5.74, 6) is 0.751. The number of benzene rings is 1. The zero-order chi connectivity index (χ0) is 14.4. The average Bonchev–Trinajstić information content (AvgIpc) is 2.43. The van der Waals surface area contributed by atoms with Crippen LogP contribution in [-0.4, -0.2) is 37.1 Å². The van der Waals surface area contributed by atoms with Gasteiger partial charge in [-0.15, -0.1) is 0 Å². The van der Waals surface area contributed by atoms with E-state index in [1.807, 2.05) is 0 Å². The topological polar surface area (TPSA) is 15.3 Å². The first-order valence-corrected chi connectivity index (χ1v) is 8.19. The summed E-state index contributed by atoms with van der Waals surface area (Å²) in [7, 11) is 0. The fourth-order valence-electron chi connectivity index (χ4n) is 3.13. The van der Waals surface area contributed by atoms with Crippen LogP contribution in [0.15, 0.2) is 24.3 Å². The lowest BCUT2D eigenvalue weighted by molar-refractivity contribution is 0.199. The molecule has 0 aliphatic carbocycles. The van der Waals surface area contributed by atoms with Crippen molar-refractivity contribution in [3.63, 3.8) is 0 Å². The van der Waals surface area contributed by atoms with Crippen LogP contribution in [0.3, 0.4) is 0 Å². The molecule has 2 rings (SSSR count). The van der Waals surface area contributed by atoms with Crippen LogP contribution in [0.25, 0.3) is 0 Å². The maximum atomic E-state index is 3.70. The molecule has 2 nitrogen and oxygen atoms in total. The van der Waals surface area contributed by atoms with E-state index in [0.717, 1.165) is 5.92 Å². The highest BCUT2D eigenvalue weighted by Crippen LogP contribution is 2.12. The molecule has 2 heteroatoms. The Morgan fingerprint density at radius 3 is 2.85 bits per heavy atom. The van der Waals surface area contributed by atoms with E-state index in [2.05, 4.69) is 55.3 Å². The Bertz CT molecular complexity index is 402. The summed E-state index contributed by atoms with van der Waals surface area (Å²) in [6.07, 6.45) is 3.72. The van der Waals surface area contributed by atoms with Crippen LogP contribution in [0.2, 0.25) is 0 Å². The second kappa shape index (κ2) is 7.80. The molecule has 2 atom stereocenters. The third-order valence-corrected chi connectivity index (χ3v) is 4.57. The Kier molecular flexibility index (Phi) is 6.06. The molecular formula is C18H30N2. The van der Waals surface area contributed by atoms with Gasteiger partial charge in [-0.25, -0.2) is 0 Å². The molecule has 20 heavy (non-hydrogen) atoms. The molecule has 1 aliphatic rings. The van der Waals surface area contributed by atoms with Crippen LogP contribution in [0.4, 0.5) is 0 Å². The summed E-state index contributed by atoms with van der Waals surface area (Å²) < 4.78 is 0. The van der Waals surface area contributed by atoms with Gasteiger partial charge in [0.25, 0.3) is 0 Å². The summed E-state index contributed by atoms with van der Waals surface area (Å²) in [4.78, 5) is 2.67. The highest BCUT2D eigenvalue weighted by atomic mass is 15.1. The van der Waals surface area contributed by atoms with Gasteiger partial charge in [-0.3, -0.25) is 0 Å². The highest BCUT2D eigenvalue weighted by molar-refractivity contribution is 5.25. The standard InChI is InChI=1S/C18H30N2/c1-4-18-10-12-20(14-15(2)13-19-18)11-9-17-8-6-5-7-16(17)3/h5-8,15,18-19H,4,9-14H2,1-3H3. The molecule has 0 amide bonds. The Hall–Kier alpha value is -0.860. The maximum absolute atomic E-state index is 3.70. The van der Waals surface area contributed by atoms with Crippen molar-refractivity contribution < 1.29 is 0 Å². The van der Waals surface area contributed by atoms with Crippen LogP contribution in [0.5, 0.6) is 0 Å². The molecule has 2 unspecified atom stereocenters. The molecule has 1 aromatic carbocycles. The van der Waals surface area contributed by atoms with Crippen molar-refractivity contribution in [3.05, 3.63) is 35.4 Å². The van der Waals surface area contributed by atoms with Gasteiger partial charge in [0, 0.05) is 19.1 Å². The van der Waals surface area contributed by atoms with Crippen molar-refractivity contribution in [1.82, 2.24) is 10.2 Å². The third-order valence-electron chi connectivity index (χ3n) is 4.57. The second-order valence-electron chi connectivity index (χ2n) is 6.38. The minimum absolute atomic E-state index is 0.707.